The molecule has 0 spiro atoms. The van der Waals surface area contributed by atoms with E-state index in [2.05, 4.69) is 5.32 Å². The quantitative estimate of drug-likeness (QED) is 0.888. The molecule has 1 aromatic rings. The number of hydrogen-bond acceptors (Lipinski definition) is 2. The van der Waals surface area contributed by atoms with Gasteiger partial charge in [-0.1, -0.05) is 12.5 Å². The first-order chi connectivity index (χ1) is 9.36. The Balaban J connectivity index is 2.29. The van der Waals surface area contributed by atoms with Crippen molar-refractivity contribution >= 4 is 11.9 Å². The summed E-state index contributed by atoms with van der Waals surface area (Å²) in [5, 5.41) is 11.2. The summed E-state index contributed by atoms with van der Waals surface area (Å²) in [7, 11) is 0. The molecule has 1 saturated carbocycles. The zero-order valence-corrected chi connectivity index (χ0v) is 11.0. The lowest BCUT2D eigenvalue weighted by atomic mass is 9.63. The molecule has 1 aliphatic rings. The van der Waals surface area contributed by atoms with Gasteiger partial charge in [-0.25, -0.2) is 8.78 Å². The van der Waals surface area contributed by atoms with Crippen molar-refractivity contribution in [2.45, 2.75) is 37.6 Å². The highest BCUT2D eigenvalue weighted by atomic mass is 19.1. The summed E-state index contributed by atoms with van der Waals surface area (Å²) < 4.78 is 26.8. The maximum atomic E-state index is 13.9. The van der Waals surface area contributed by atoms with Crippen LogP contribution in [0.15, 0.2) is 18.2 Å². The van der Waals surface area contributed by atoms with Gasteiger partial charge in [0.15, 0.2) is 0 Å². The largest absolute Gasteiger partial charge is 0.480 e. The van der Waals surface area contributed by atoms with E-state index >= 15 is 0 Å². The Kier molecular flexibility index (Phi) is 3.74. The van der Waals surface area contributed by atoms with Gasteiger partial charge in [-0.2, -0.15) is 0 Å². The van der Waals surface area contributed by atoms with Crippen LogP contribution < -0.4 is 5.32 Å². The molecule has 0 bridgehead atoms. The van der Waals surface area contributed by atoms with Crippen LogP contribution >= 0.6 is 0 Å². The van der Waals surface area contributed by atoms with E-state index in [0.717, 1.165) is 18.6 Å². The summed E-state index contributed by atoms with van der Waals surface area (Å²) in [4.78, 5) is 23.0. The molecule has 20 heavy (non-hydrogen) atoms. The molecule has 4 nitrogen and oxygen atoms in total. The second-order valence-electron chi connectivity index (χ2n) is 5.09. The van der Waals surface area contributed by atoms with Gasteiger partial charge in [0.05, 0.1) is 5.41 Å². The second-order valence-corrected chi connectivity index (χ2v) is 5.09. The van der Waals surface area contributed by atoms with Gasteiger partial charge < -0.3 is 10.4 Å². The number of rotatable bonds is 4. The predicted octanol–water partition coefficient (Wildman–Crippen LogP) is 1.98. The number of hydrogen-bond donors (Lipinski definition) is 2. The Hall–Kier alpha value is -1.98. The number of aliphatic carboxylic acids is 1. The molecule has 0 unspecified atom stereocenters. The number of nitrogens with one attached hydrogen (secondary N) is 1. The number of carboxylic acids is 1. The molecule has 1 fully saturated rings. The Bertz CT molecular complexity index is 555. The van der Waals surface area contributed by atoms with Crippen molar-refractivity contribution in [3.8, 4) is 0 Å². The number of carboxylic acid groups (broad SMARTS) is 1. The summed E-state index contributed by atoms with van der Waals surface area (Å²) in [5.41, 5.74) is -0.957. The third-order valence-electron chi connectivity index (χ3n) is 3.81. The summed E-state index contributed by atoms with van der Waals surface area (Å²) in [5.74, 6) is -3.17. The van der Waals surface area contributed by atoms with Crippen molar-refractivity contribution in [3.63, 3.8) is 0 Å². The van der Waals surface area contributed by atoms with Crippen LogP contribution in [0.3, 0.4) is 0 Å². The SMILES string of the molecule is C[C@H](NC(=O)C1(c2ccc(F)cc2F)CCC1)C(=O)O. The van der Waals surface area contributed by atoms with E-state index in [4.69, 9.17) is 5.11 Å². The van der Waals surface area contributed by atoms with Crippen LogP contribution in [-0.4, -0.2) is 23.0 Å². The number of halogens is 2. The lowest BCUT2D eigenvalue weighted by molar-refractivity contribution is -0.143. The molecule has 1 aromatic carbocycles. The lowest BCUT2D eigenvalue weighted by Gasteiger charge is -2.41. The molecule has 1 aliphatic carbocycles. The van der Waals surface area contributed by atoms with Crippen molar-refractivity contribution in [3.05, 3.63) is 35.4 Å². The first kappa shape index (κ1) is 14.4. The minimum absolute atomic E-state index is 0.125. The highest BCUT2D eigenvalue weighted by Crippen LogP contribution is 2.45. The summed E-state index contributed by atoms with van der Waals surface area (Å²) in [6.45, 7) is 1.34. The minimum atomic E-state index is -1.16. The predicted molar refractivity (Wildman–Crippen MR) is 67.1 cm³/mol. The summed E-state index contributed by atoms with van der Waals surface area (Å²) >= 11 is 0. The van der Waals surface area contributed by atoms with Gasteiger partial charge in [0, 0.05) is 11.6 Å². The van der Waals surface area contributed by atoms with Crippen LogP contribution in [0.1, 0.15) is 31.7 Å². The highest BCUT2D eigenvalue weighted by Gasteiger charge is 2.47. The number of benzene rings is 1. The molecule has 6 heteroatoms. The summed E-state index contributed by atoms with van der Waals surface area (Å²) in [6.07, 6.45) is 1.59. The van der Waals surface area contributed by atoms with Crippen molar-refractivity contribution < 1.29 is 23.5 Å². The second kappa shape index (κ2) is 5.19. The molecule has 2 rings (SSSR count). The van der Waals surface area contributed by atoms with Gasteiger partial charge in [0.1, 0.15) is 17.7 Å². The maximum Gasteiger partial charge on any atom is 0.325 e. The summed E-state index contributed by atoms with van der Waals surface area (Å²) in [6, 6.07) is 2.05. The third kappa shape index (κ3) is 2.37. The van der Waals surface area contributed by atoms with E-state index in [1.165, 1.54) is 13.0 Å². The molecule has 0 radical (unpaired) electrons. The van der Waals surface area contributed by atoms with Gasteiger partial charge in [-0.15, -0.1) is 0 Å². The van der Waals surface area contributed by atoms with Crippen LogP contribution in [0.25, 0.3) is 0 Å². The molecule has 0 aliphatic heterocycles. The van der Waals surface area contributed by atoms with E-state index in [0.29, 0.717) is 12.8 Å². The molecular formula is C14H15F2NO3. The first-order valence-electron chi connectivity index (χ1n) is 6.36. The maximum absolute atomic E-state index is 13.9. The van der Waals surface area contributed by atoms with Gasteiger partial charge >= 0.3 is 5.97 Å². The fraction of sp³-hybridized carbons (Fsp3) is 0.429. The van der Waals surface area contributed by atoms with E-state index < -0.39 is 35.0 Å². The molecule has 0 saturated heterocycles. The molecule has 2 N–H and O–H groups in total. The van der Waals surface area contributed by atoms with Crippen molar-refractivity contribution in [2.24, 2.45) is 0 Å². The van der Waals surface area contributed by atoms with E-state index in [1.807, 2.05) is 0 Å². The third-order valence-corrected chi connectivity index (χ3v) is 3.81. The van der Waals surface area contributed by atoms with Gasteiger partial charge in [0.25, 0.3) is 0 Å². The topological polar surface area (TPSA) is 66.4 Å². The lowest BCUT2D eigenvalue weighted by Crippen LogP contribution is -2.53. The fourth-order valence-corrected chi connectivity index (χ4v) is 2.42. The van der Waals surface area contributed by atoms with Crippen molar-refractivity contribution in [1.82, 2.24) is 5.32 Å². The minimum Gasteiger partial charge on any atom is -0.480 e. The molecule has 0 heterocycles. The Morgan fingerprint density at radius 3 is 2.45 bits per heavy atom. The zero-order valence-electron chi connectivity index (χ0n) is 11.0. The molecular weight excluding hydrogens is 268 g/mol. The first-order valence-corrected chi connectivity index (χ1v) is 6.36. The van der Waals surface area contributed by atoms with Crippen LogP contribution in [0.5, 0.6) is 0 Å². The molecule has 108 valence electrons. The van der Waals surface area contributed by atoms with Gasteiger partial charge in [-0.3, -0.25) is 9.59 Å². The van der Waals surface area contributed by atoms with Crippen molar-refractivity contribution in [1.29, 1.82) is 0 Å². The number of carbonyl (C=O) groups is 2. The zero-order chi connectivity index (χ0) is 14.9. The Morgan fingerprint density at radius 2 is 2.00 bits per heavy atom. The van der Waals surface area contributed by atoms with E-state index in [-0.39, 0.29) is 5.56 Å². The van der Waals surface area contributed by atoms with E-state index in [1.54, 1.807) is 0 Å². The standard InChI is InChI=1S/C14H15F2NO3/c1-8(12(18)19)17-13(20)14(5-2-6-14)10-4-3-9(15)7-11(10)16/h3-4,7-8H,2,5-6H2,1H3,(H,17,20)(H,18,19)/t8-/m0/s1. The van der Waals surface area contributed by atoms with Crippen LogP contribution in [0.2, 0.25) is 0 Å². The van der Waals surface area contributed by atoms with Crippen molar-refractivity contribution in [2.75, 3.05) is 0 Å². The average molecular weight is 283 g/mol. The highest BCUT2D eigenvalue weighted by molar-refractivity contribution is 5.92. The molecule has 0 aromatic heterocycles. The average Bonchev–Trinajstić information content (AvgIpc) is 2.30. The number of amides is 1. The Labute approximate surface area is 114 Å². The fourth-order valence-electron chi connectivity index (χ4n) is 2.42. The van der Waals surface area contributed by atoms with Gasteiger partial charge in [-0.05, 0) is 25.8 Å². The molecule has 1 amide bonds. The number of carbonyl (C=O) groups excluding carboxylic acids is 1. The van der Waals surface area contributed by atoms with Crippen LogP contribution in [0, 0.1) is 11.6 Å². The van der Waals surface area contributed by atoms with Crippen LogP contribution in [0.4, 0.5) is 8.78 Å². The van der Waals surface area contributed by atoms with Crippen LogP contribution in [-0.2, 0) is 15.0 Å². The van der Waals surface area contributed by atoms with Gasteiger partial charge in [0.2, 0.25) is 5.91 Å². The van der Waals surface area contributed by atoms with E-state index in [9.17, 15) is 18.4 Å². The Morgan fingerprint density at radius 1 is 1.35 bits per heavy atom. The monoisotopic (exact) mass is 283 g/mol. The normalized spacial score (nSPS) is 17.9. The molecule has 1 atom stereocenters. The smallest absolute Gasteiger partial charge is 0.325 e.